The molecule has 11 aromatic rings. The zero-order chi connectivity index (χ0) is 39.1. The minimum atomic E-state index is -0.388. The van der Waals surface area contributed by atoms with E-state index >= 15 is 0 Å². The van der Waals surface area contributed by atoms with Crippen LogP contribution in [0.1, 0.15) is 27.8 Å². The number of hydrogen-bond donors (Lipinski definition) is 0. The van der Waals surface area contributed by atoms with E-state index in [1.807, 2.05) is 0 Å². The van der Waals surface area contributed by atoms with Crippen LogP contribution in [0.3, 0.4) is 0 Å². The Morgan fingerprint density at radius 2 is 1.03 bits per heavy atom. The zero-order valence-electron chi connectivity index (χ0n) is 32.6. The molecule has 2 aliphatic carbocycles. The monoisotopic (exact) mass is 761 g/mol. The molecule has 3 nitrogen and oxygen atoms in total. The lowest BCUT2D eigenvalue weighted by atomic mass is 9.70. The van der Waals surface area contributed by atoms with Crippen LogP contribution < -0.4 is 0 Å². The number of para-hydroxylation sites is 3. The Labute approximate surface area is 347 Å². The summed E-state index contributed by atoms with van der Waals surface area (Å²) in [5, 5.41) is 2.59. The number of nitrogens with zero attached hydrogens (tertiary/aromatic N) is 3. The molecule has 0 amide bonds. The summed E-state index contributed by atoms with van der Waals surface area (Å²) in [6.45, 7) is 0.833. The summed E-state index contributed by atoms with van der Waals surface area (Å²) >= 11 is 0. The molecule has 0 unspecified atom stereocenters. The molecular weight excluding hydrogens is 727 g/mol. The second kappa shape index (κ2) is 11.7. The average Bonchev–Trinajstić information content (AvgIpc) is 4.03. The predicted molar refractivity (Wildman–Crippen MR) is 246 cm³/mol. The van der Waals surface area contributed by atoms with E-state index in [-0.39, 0.29) is 5.41 Å². The van der Waals surface area contributed by atoms with Gasteiger partial charge in [-0.1, -0.05) is 146 Å². The molecule has 0 radical (unpaired) electrons. The van der Waals surface area contributed by atoms with Crippen molar-refractivity contribution in [3.8, 4) is 61.6 Å². The molecule has 0 saturated carbocycles. The molecule has 1 aliphatic heterocycles. The van der Waals surface area contributed by atoms with Crippen molar-refractivity contribution in [3.63, 3.8) is 0 Å². The fraction of sp³-hybridized carbons (Fsp3) is 0.0351. The summed E-state index contributed by atoms with van der Waals surface area (Å²) in [6.07, 6.45) is 0. The van der Waals surface area contributed by atoms with E-state index in [4.69, 9.17) is 4.98 Å². The van der Waals surface area contributed by atoms with E-state index in [2.05, 4.69) is 209 Å². The number of rotatable bonds is 3. The summed E-state index contributed by atoms with van der Waals surface area (Å²) < 4.78 is 4.89. The van der Waals surface area contributed by atoms with Gasteiger partial charge in [0.15, 0.2) is 0 Å². The molecule has 3 heterocycles. The van der Waals surface area contributed by atoms with Crippen molar-refractivity contribution < 1.29 is 0 Å². The van der Waals surface area contributed by atoms with Crippen LogP contribution in [0.4, 0.5) is 0 Å². The normalized spacial score (nSPS) is 13.7. The number of aromatic nitrogens is 3. The third kappa shape index (κ3) is 4.06. The van der Waals surface area contributed by atoms with Crippen molar-refractivity contribution in [2.75, 3.05) is 0 Å². The van der Waals surface area contributed by atoms with Crippen LogP contribution in [0, 0.1) is 0 Å². The van der Waals surface area contributed by atoms with Crippen LogP contribution in [0.25, 0.3) is 94.4 Å². The van der Waals surface area contributed by atoms with Crippen LogP contribution in [0.2, 0.25) is 0 Å². The van der Waals surface area contributed by atoms with Gasteiger partial charge in [-0.2, -0.15) is 0 Å². The standard InChI is InChI=1S/C57H35N3/c1-2-18-39(19-3-1)60-53-28-13-12-27-52(53)58-56(60)36-17-14-16-35(29-36)38-30-46-40-20-5-4-15-37(40)34-59-54-33-51-44(32-45(54)47(31-38)55(46)59)43-23-8-11-26-50(43)57(51)48-24-9-6-21-41(48)42-22-7-10-25-49(42)57/h1-33H,34H2. The van der Waals surface area contributed by atoms with Gasteiger partial charge in [-0.25, -0.2) is 4.98 Å². The third-order valence-corrected chi connectivity index (χ3v) is 13.7. The molecule has 0 atom stereocenters. The molecule has 14 rings (SSSR count). The SMILES string of the molecule is c1ccc(-n2c(-c3cccc(-c4cc5c6c(c4)c4cc7c(cc4n6Cc4ccccc4-5)C4(c5ccccc5-c5ccccc54)c4ccccc4-7)c3)nc3ccccc32)cc1. The maximum Gasteiger partial charge on any atom is 0.145 e. The van der Waals surface area contributed by atoms with Crippen molar-refractivity contribution in [2.45, 2.75) is 12.0 Å². The van der Waals surface area contributed by atoms with E-state index < -0.39 is 0 Å². The van der Waals surface area contributed by atoms with Gasteiger partial charge in [0, 0.05) is 39.6 Å². The minimum absolute atomic E-state index is 0.388. The highest BCUT2D eigenvalue weighted by molar-refractivity contribution is 6.17. The Morgan fingerprint density at radius 3 is 1.80 bits per heavy atom. The molecule has 278 valence electrons. The van der Waals surface area contributed by atoms with Gasteiger partial charge in [0.25, 0.3) is 0 Å². The fourth-order valence-corrected chi connectivity index (χ4v) is 11.3. The van der Waals surface area contributed by atoms with Gasteiger partial charge in [-0.3, -0.25) is 4.57 Å². The minimum Gasteiger partial charge on any atom is -0.335 e. The van der Waals surface area contributed by atoms with Gasteiger partial charge in [-0.05, 0) is 121 Å². The number of imidazole rings is 1. The molecule has 9 aromatic carbocycles. The van der Waals surface area contributed by atoms with Gasteiger partial charge < -0.3 is 4.57 Å². The largest absolute Gasteiger partial charge is 0.335 e. The van der Waals surface area contributed by atoms with Gasteiger partial charge in [0.05, 0.1) is 22.0 Å². The summed E-state index contributed by atoms with van der Waals surface area (Å²) in [5.74, 6) is 0.937. The Balaban J connectivity index is 1.04. The van der Waals surface area contributed by atoms with Crippen LogP contribution in [-0.4, -0.2) is 14.1 Å². The summed E-state index contributed by atoms with van der Waals surface area (Å²) in [7, 11) is 0. The van der Waals surface area contributed by atoms with Crippen molar-refractivity contribution in [3.05, 3.63) is 228 Å². The van der Waals surface area contributed by atoms with E-state index in [0.717, 1.165) is 34.7 Å². The fourth-order valence-electron chi connectivity index (χ4n) is 11.3. The molecule has 0 N–H and O–H groups in total. The first kappa shape index (κ1) is 32.2. The summed E-state index contributed by atoms with van der Waals surface area (Å²) in [4.78, 5) is 5.23. The van der Waals surface area contributed by atoms with E-state index in [1.54, 1.807) is 0 Å². The maximum absolute atomic E-state index is 5.23. The van der Waals surface area contributed by atoms with Crippen LogP contribution >= 0.6 is 0 Å². The van der Waals surface area contributed by atoms with E-state index in [1.165, 1.54) is 94.1 Å². The highest BCUT2D eigenvalue weighted by Crippen LogP contribution is 2.63. The summed E-state index contributed by atoms with van der Waals surface area (Å²) in [6, 6.07) is 74.3. The van der Waals surface area contributed by atoms with Gasteiger partial charge >= 0.3 is 0 Å². The highest BCUT2D eigenvalue weighted by Gasteiger charge is 2.51. The van der Waals surface area contributed by atoms with Crippen LogP contribution in [0.5, 0.6) is 0 Å². The number of fused-ring (bicyclic) bond motifs is 16. The number of hydrogen-bond acceptors (Lipinski definition) is 1. The summed E-state index contributed by atoms with van der Waals surface area (Å²) in [5.41, 5.74) is 23.6. The molecule has 0 bridgehead atoms. The smallest absolute Gasteiger partial charge is 0.145 e. The Kier molecular flexibility index (Phi) is 6.28. The molecule has 1 spiro atoms. The average molecular weight is 762 g/mol. The molecule has 60 heavy (non-hydrogen) atoms. The molecule has 0 fully saturated rings. The lowest BCUT2D eigenvalue weighted by Gasteiger charge is -2.30. The van der Waals surface area contributed by atoms with Gasteiger partial charge in [0.2, 0.25) is 0 Å². The molecule has 3 aliphatic rings. The Morgan fingerprint density at radius 1 is 0.400 bits per heavy atom. The lowest BCUT2D eigenvalue weighted by Crippen LogP contribution is -2.25. The first-order chi connectivity index (χ1) is 29.8. The first-order valence-corrected chi connectivity index (χ1v) is 20.9. The molecule has 3 heteroatoms. The molecular formula is C57H35N3. The molecule has 2 aromatic heterocycles. The lowest BCUT2D eigenvalue weighted by molar-refractivity contribution is 0.792. The van der Waals surface area contributed by atoms with Crippen molar-refractivity contribution in [2.24, 2.45) is 0 Å². The Hall–Kier alpha value is -7.75. The quantitative estimate of drug-likeness (QED) is 0.176. The van der Waals surface area contributed by atoms with Gasteiger partial charge in [-0.15, -0.1) is 0 Å². The maximum atomic E-state index is 5.23. The van der Waals surface area contributed by atoms with Crippen molar-refractivity contribution >= 4 is 32.8 Å². The van der Waals surface area contributed by atoms with E-state index in [0.29, 0.717) is 0 Å². The second-order valence-corrected chi connectivity index (χ2v) is 16.6. The molecule has 0 saturated heterocycles. The topological polar surface area (TPSA) is 22.8 Å². The number of benzene rings is 9. The predicted octanol–water partition coefficient (Wildman–Crippen LogP) is 13.8. The third-order valence-electron chi connectivity index (χ3n) is 13.7. The first-order valence-electron chi connectivity index (χ1n) is 20.9. The van der Waals surface area contributed by atoms with Crippen molar-refractivity contribution in [1.82, 2.24) is 14.1 Å². The second-order valence-electron chi connectivity index (χ2n) is 16.6. The zero-order valence-corrected chi connectivity index (χ0v) is 32.6. The van der Waals surface area contributed by atoms with Gasteiger partial charge in [0.1, 0.15) is 5.82 Å². The van der Waals surface area contributed by atoms with Crippen molar-refractivity contribution in [1.29, 1.82) is 0 Å². The Bertz CT molecular complexity index is 3590. The van der Waals surface area contributed by atoms with E-state index in [9.17, 15) is 0 Å². The highest BCUT2D eigenvalue weighted by atomic mass is 15.1. The van der Waals surface area contributed by atoms with Crippen LogP contribution in [0.15, 0.2) is 200 Å². The van der Waals surface area contributed by atoms with Crippen LogP contribution in [-0.2, 0) is 12.0 Å².